The maximum absolute atomic E-state index is 12.9. The highest BCUT2D eigenvalue weighted by Crippen LogP contribution is 2.43. The van der Waals surface area contributed by atoms with E-state index < -0.39 is 0 Å². The zero-order chi connectivity index (χ0) is 33.6. The largest absolute Gasteiger partial charge is 0.481 e. The van der Waals surface area contributed by atoms with Gasteiger partial charge >= 0.3 is 0 Å². The molecule has 1 spiro atoms. The van der Waals surface area contributed by atoms with Crippen molar-refractivity contribution in [2.45, 2.75) is 44.6 Å². The molecule has 3 aromatic heterocycles. The van der Waals surface area contributed by atoms with E-state index in [1.807, 2.05) is 49.4 Å². The van der Waals surface area contributed by atoms with Crippen molar-refractivity contribution in [2.24, 2.45) is 7.05 Å². The minimum Gasteiger partial charge on any atom is -0.481 e. The van der Waals surface area contributed by atoms with Crippen LogP contribution in [0.4, 0.5) is 11.5 Å². The topological polar surface area (TPSA) is 123 Å². The van der Waals surface area contributed by atoms with Gasteiger partial charge in [-0.15, -0.1) is 0 Å². The molecule has 0 unspecified atom stereocenters. The molecule has 2 aliphatic heterocycles. The summed E-state index contributed by atoms with van der Waals surface area (Å²) >= 11 is 14.0. The van der Waals surface area contributed by atoms with Crippen molar-refractivity contribution >= 4 is 51.4 Å². The van der Waals surface area contributed by atoms with Gasteiger partial charge in [0.15, 0.2) is 0 Å². The Morgan fingerprint density at radius 3 is 2.40 bits per heavy atom. The minimum absolute atomic E-state index is 0.178. The van der Waals surface area contributed by atoms with E-state index in [2.05, 4.69) is 32.1 Å². The molecule has 10 nitrogen and oxygen atoms in total. The number of amides is 1. The van der Waals surface area contributed by atoms with E-state index in [1.165, 1.54) is 15.8 Å². The molecule has 5 aromatic rings. The second-order valence-electron chi connectivity index (χ2n) is 12.5. The summed E-state index contributed by atoms with van der Waals surface area (Å²) in [7, 11) is 3.26. The summed E-state index contributed by atoms with van der Waals surface area (Å²) in [4.78, 5) is 33.0. The molecule has 1 amide bonds. The van der Waals surface area contributed by atoms with Crippen molar-refractivity contribution in [1.82, 2.24) is 30.4 Å². The van der Waals surface area contributed by atoms with E-state index in [0.29, 0.717) is 38.2 Å². The lowest BCUT2D eigenvalue weighted by atomic mass is 9.91. The number of benzene rings is 2. The molecule has 12 heteroatoms. The van der Waals surface area contributed by atoms with Crippen molar-refractivity contribution in [1.29, 1.82) is 0 Å². The van der Waals surface area contributed by atoms with Gasteiger partial charge < -0.3 is 20.7 Å². The maximum Gasteiger partial charge on any atom is 0.278 e. The number of carbonyl (C=O) groups is 1. The van der Waals surface area contributed by atoms with E-state index in [-0.39, 0.29) is 17.0 Å². The van der Waals surface area contributed by atoms with Gasteiger partial charge in [0, 0.05) is 59.9 Å². The first kappa shape index (κ1) is 32.1. The van der Waals surface area contributed by atoms with Crippen molar-refractivity contribution in [3.63, 3.8) is 0 Å². The predicted molar refractivity (Wildman–Crippen MR) is 189 cm³/mol. The van der Waals surface area contributed by atoms with Gasteiger partial charge in [0.1, 0.15) is 5.82 Å². The van der Waals surface area contributed by atoms with Crippen LogP contribution in [0.25, 0.3) is 33.2 Å². The van der Waals surface area contributed by atoms with Gasteiger partial charge in [0.05, 0.1) is 45.7 Å². The SMILES string of the molecule is COc1nc(-c2cccc(-c3cccc(Nc4nc(C)cc5cnn(C)c(=O)c45)c3Cl)c2Cl)cc2c1CCC2.O=C1CCC2(CNC2)N1. The molecule has 3 aliphatic rings. The number of nitrogens with one attached hydrogen (secondary N) is 3. The number of pyridine rings is 2. The Labute approximate surface area is 287 Å². The summed E-state index contributed by atoms with van der Waals surface area (Å²) in [5.74, 6) is 1.29. The van der Waals surface area contributed by atoms with Crippen LogP contribution in [0.5, 0.6) is 5.88 Å². The summed E-state index contributed by atoms with van der Waals surface area (Å²) in [5, 5.41) is 15.7. The van der Waals surface area contributed by atoms with Crippen LogP contribution in [0.3, 0.4) is 0 Å². The van der Waals surface area contributed by atoms with Gasteiger partial charge in [-0.25, -0.2) is 14.6 Å². The summed E-state index contributed by atoms with van der Waals surface area (Å²) in [6, 6.07) is 15.4. The Bertz CT molecular complexity index is 2150. The lowest BCUT2D eigenvalue weighted by Gasteiger charge is -2.38. The average molecular weight is 685 g/mol. The Hall–Kier alpha value is -4.51. The Morgan fingerprint density at radius 2 is 1.71 bits per heavy atom. The Kier molecular flexibility index (Phi) is 8.57. The van der Waals surface area contributed by atoms with Crippen molar-refractivity contribution in [2.75, 3.05) is 25.5 Å². The maximum atomic E-state index is 12.9. The van der Waals surface area contributed by atoms with E-state index in [9.17, 15) is 9.59 Å². The fourth-order valence-corrected chi connectivity index (χ4v) is 7.30. The van der Waals surface area contributed by atoms with Crippen molar-refractivity contribution in [3.05, 3.63) is 91.9 Å². The van der Waals surface area contributed by atoms with Crippen LogP contribution in [-0.4, -0.2) is 51.4 Å². The molecular formula is C36H35Cl2N7O3. The number of rotatable bonds is 5. The Balaban J connectivity index is 0.000000347. The molecule has 0 atom stereocenters. The molecule has 8 rings (SSSR count). The van der Waals surface area contributed by atoms with Crippen LogP contribution >= 0.6 is 23.2 Å². The zero-order valence-corrected chi connectivity index (χ0v) is 28.4. The number of aryl methyl sites for hydroxylation is 3. The highest BCUT2D eigenvalue weighted by atomic mass is 35.5. The second-order valence-corrected chi connectivity index (χ2v) is 13.3. The van der Waals surface area contributed by atoms with E-state index >= 15 is 0 Å². The normalized spacial score (nSPS) is 15.8. The van der Waals surface area contributed by atoms with E-state index in [1.54, 1.807) is 20.4 Å². The van der Waals surface area contributed by atoms with Crippen LogP contribution in [0, 0.1) is 6.92 Å². The number of aromatic nitrogens is 4. The quantitative estimate of drug-likeness (QED) is 0.202. The molecule has 1 aliphatic carbocycles. The van der Waals surface area contributed by atoms with Gasteiger partial charge in [0.2, 0.25) is 11.8 Å². The summed E-state index contributed by atoms with van der Waals surface area (Å²) in [6.45, 7) is 3.81. The van der Waals surface area contributed by atoms with Crippen LogP contribution in [0.1, 0.15) is 36.1 Å². The third-order valence-corrected chi connectivity index (χ3v) is 10.1. The average Bonchev–Trinajstić information content (AvgIpc) is 3.71. The number of hydrogen-bond donors (Lipinski definition) is 3. The predicted octanol–water partition coefficient (Wildman–Crippen LogP) is 6.15. The summed E-state index contributed by atoms with van der Waals surface area (Å²) in [5.41, 5.74) is 6.80. The molecule has 3 N–H and O–H groups in total. The smallest absolute Gasteiger partial charge is 0.278 e. The highest BCUT2D eigenvalue weighted by Gasteiger charge is 2.42. The van der Waals surface area contributed by atoms with Gasteiger partial charge in [-0.1, -0.05) is 53.5 Å². The fourth-order valence-electron chi connectivity index (χ4n) is 6.70. The van der Waals surface area contributed by atoms with Gasteiger partial charge in [0.25, 0.3) is 5.56 Å². The molecule has 5 heterocycles. The zero-order valence-electron chi connectivity index (χ0n) is 26.9. The number of carbonyl (C=O) groups excluding carboxylic acids is 1. The number of halogens is 2. The van der Waals surface area contributed by atoms with Crippen LogP contribution < -0.4 is 26.2 Å². The molecule has 48 heavy (non-hydrogen) atoms. The standard InChI is InChI=1S/C30H25Cl2N5O2.C6H10N2O/c1-16-13-18-15-33-37(2)30(38)25(18)28(34-16)35-23-12-6-10-21(27(23)32)20-9-5-11-22(26(20)31)24-14-17-7-4-8-19(17)29(36-24)39-3;9-5-1-2-6(8-5)3-7-4-6/h5-6,9-15H,4,7-8H2,1-3H3,(H,34,35);7H,1-4H2,(H,8,9). The first-order valence-corrected chi connectivity index (χ1v) is 16.7. The van der Waals surface area contributed by atoms with Crippen molar-refractivity contribution < 1.29 is 9.53 Å². The molecule has 0 radical (unpaired) electrons. The number of hydrogen-bond acceptors (Lipinski definition) is 8. The van der Waals surface area contributed by atoms with Crippen LogP contribution in [0.2, 0.25) is 10.0 Å². The second kappa shape index (κ2) is 12.8. The first-order chi connectivity index (χ1) is 23.2. The molecule has 246 valence electrons. The molecule has 2 fully saturated rings. The number of nitrogens with zero attached hydrogens (tertiary/aromatic N) is 4. The first-order valence-electron chi connectivity index (χ1n) is 15.9. The van der Waals surface area contributed by atoms with Gasteiger partial charge in [-0.05, 0) is 56.4 Å². The number of fused-ring (bicyclic) bond motifs is 2. The highest BCUT2D eigenvalue weighted by molar-refractivity contribution is 6.39. The lowest BCUT2D eigenvalue weighted by Crippen LogP contribution is -2.65. The third-order valence-electron chi connectivity index (χ3n) is 9.28. The van der Waals surface area contributed by atoms with E-state index in [0.717, 1.165) is 73.3 Å². The third kappa shape index (κ3) is 5.89. The number of ether oxygens (including phenoxy) is 1. The summed E-state index contributed by atoms with van der Waals surface area (Å²) in [6.07, 6.45) is 6.47. The van der Waals surface area contributed by atoms with Crippen LogP contribution in [0.15, 0.2) is 59.5 Å². The lowest BCUT2D eigenvalue weighted by molar-refractivity contribution is -0.120. The van der Waals surface area contributed by atoms with Crippen molar-refractivity contribution in [3.8, 4) is 28.3 Å². The number of methoxy groups -OCH3 is 1. The molecule has 2 saturated heterocycles. The van der Waals surface area contributed by atoms with Gasteiger partial charge in [-0.3, -0.25) is 9.59 Å². The van der Waals surface area contributed by atoms with Crippen LogP contribution in [-0.2, 0) is 24.7 Å². The number of anilines is 2. The monoisotopic (exact) mass is 683 g/mol. The molecular weight excluding hydrogens is 649 g/mol. The minimum atomic E-state index is -0.247. The fraction of sp³-hybridized carbons (Fsp3) is 0.306. The van der Waals surface area contributed by atoms with E-state index in [4.69, 9.17) is 32.9 Å². The molecule has 2 aromatic carbocycles. The molecule has 0 saturated carbocycles. The Morgan fingerprint density at radius 1 is 0.958 bits per heavy atom. The summed E-state index contributed by atoms with van der Waals surface area (Å²) < 4.78 is 6.89. The van der Waals surface area contributed by atoms with Gasteiger partial charge in [-0.2, -0.15) is 5.10 Å². The molecule has 0 bridgehead atoms.